The van der Waals surface area contributed by atoms with E-state index < -0.39 is 12.5 Å². The molecule has 2 aromatic rings. The molecule has 0 heterocycles. The van der Waals surface area contributed by atoms with E-state index in [1.807, 2.05) is 6.66 Å². The molecule has 0 aromatic heterocycles. The summed E-state index contributed by atoms with van der Waals surface area (Å²) >= 11 is 0. The Labute approximate surface area is 169 Å². The van der Waals surface area contributed by atoms with Crippen LogP contribution in [-0.2, 0) is 17.6 Å². The Morgan fingerprint density at radius 3 is 2.55 bits per heavy atom. The first-order valence-corrected chi connectivity index (χ1v) is 10.7. The van der Waals surface area contributed by atoms with Crippen molar-refractivity contribution in [3.8, 4) is 17.2 Å². The molecular formula is C22H21O6P. The Bertz CT molecular complexity index is 1090. The molecule has 0 aliphatic heterocycles. The lowest BCUT2D eigenvalue weighted by molar-refractivity contribution is -0.125. The van der Waals surface area contributed by atoms with Gasteiger partial charge in [-0.3, -0.25) is 9.59 Å². The molecule has 1 unspecified atom stereocenters. The second-order valence-corrected chi connectivity index (χ2v) is 8.15. The predicted molar refractivity (Wildman–Crippen MR) is 110 cm³/mol. The first-order chi connectivity index (χ1) is 13.9. The summed E-state index contributed by atoms with van der Waals surface area (Å²) in [6, 6.07) is 5.29. The number of hydrogen-bond donors (Lipinski definition) is 3. The second kappa shape index (κ2) is 7.29. The second-order valence-electron chi connectivity index (χ2n) is 7.25. The summed E-state index contributed by atoms with van der Waals surface area (Å²) in [5, 5.41) is 32.1. The smallest absolute Gasteiger partial charge is 0.201 e. The van der Waals surface area contributed by atoms with Crippen molar-refractivity contribution in [3.05, 3.63) is 51.6 Å². The van der Waals surface area contributed by atoms with Gasteiger partial charge in [0.25, 0.3) is 0 Å². The molecule has 150 valence electrons. The number of aromatic hydroxyl groups is 2. The predicted octanol–water partition coefficient (Wildman–Crippen LogP) is 2.46. The number of Topliss-reactive ketones (excluding diaryl/α,β-unsaturated/α-hetero) is 1. The third-order valence-electron chi connectivity index (χ3n) is 5.88. The number of phenols is 2. The summed E-state index contributed by atoms with van der Waals surface area (Å²) in [4.78, 5) is 25.4. The zero-order valence-electron chi connectivity index (χ0n) is 16.2. The summed E-state index contributed by atoms with van der Waals surface area (Å²) < 4.78 is 5.38. The molecule has 6 nitrogen and oxygen atoms in total. The molecule has 29 heavy (non-hydrogen) atoms. The van der Waals surface area contributed by atoms with Crippen LogP contribution < -0.4 is 4.74 Å². The fourth-order valence-corrected chi connectivity index (χ4v) is 5.33. The average molecular weight is 412 g/mol. The number of ether oxygens (including phenoxy) is 1. The summed E-state index contributed by atoms with van der Waals surface area (Å²) in [5.41, 5.74) is 2.45. The van der Waals surface area contributed by atoms with E-state index in [9.17, 15) is 24.9 Å². The van der Waals surface area contributed by atoms with E-state index in [0.717, 1.165) is 13.5 Å². The molecule has 1 atom stereocenters. The molecular weight excluding hydrogens is 391 g/mol. The quantitative estimate of drug-likeness (QED) is 0.451. The molecule has 0 bridgehead atoms. The number of methoxy groups -OCH3 is 1. The normalized spacial score (nSPS) is 18.8. The first-order valence-electron chi connectivity index (χ1n) is 9.36. The maximum absolute atomic E-state index is 13.4. The van der Waals surface area contributed by atoms with Crippen molar-refractivity contribution < 1.29 is 29.6 Å². The van der Waals surface area contributed by atoms with Crippen molar-refractivity contribution in [1.82, 2.24) is 0 Å². The minimum absolute atomic E-state index is 0.0607. The van der Waals surface area contributed by atoms with Crippen molar-refractivity contribution >= 4 is 25.1 Å². The number of fused-ring (bicyclic) bond motifs is 3. The van der Waals surface area contributed by atoms with Crippen molar-refractivity contribution in [2.75, 3.05) is 20.4 Å². The fraction of sp³-hybridized carbons (Fsp3) is 0.318. The number of aliphatic hydroxyl groups excluding tert-OH is 1. The Hall–Kier alpha value is -2.69. The van der Waals surface area contributed by atoms with Crippen LogP contribution in [0.1, 0.15) is 44.6 Å². The Balaban J connectivity index is 1.99. The largest absolute Gasteiger partial charge is 0.507 e. The highest BCUT2D eigenvalue weighted by atomic mass is 31.1. The Morgan fingerprint density at radius 2 is 1.90 bits per heavy atom. The van der Waals surface area contributed by atoms with Crippen molar-refractivity contribution in [3.63, 3.8) is 0 Å². The van der Waals surface area contributed by atoms with Gasteiger partial charge in [0.05, 0.1) is 18.2 Å². The maximum Gasteiger partial charge on any atom is 0.201 e. The van der Waals surface area contributed by atoms with Gasteiger partial charge in [-0.05, 0) is 32.0 Å². The van der Waals surface area contributed by atoms with E-state index >= 15 is 0 Å². The number of aliphatic hydroxyl groups is 1. The Morgan fingerprint density at radius 1 is 1.17 bits per heavy atom. The monoisotopic (exact) mass is 412 g/mol. The minimum Gasteiger partial charge on any atom is -0.507 e. The highest BCUT2D eigenvalue weighted by Gasteiger charge is 2.39. The van der Waals surface area contributed by atoms with E-state index in [2.05, 4.69) is 0 Å². The van der Waals surface area contributed by atoms with Gasteiger partial charge in [0.1, 0.15) is 23.9 Å². The maximum atomic E-state index is 13.4. The lowest BCUT2D eigenvalue weighted by atomic mass is 9.75. The molecule has 4 rings (SSSR count). The molecule has 0 saturated carbocycles. The van der Waals surface area contributed by atoms with Crippen LogP contribution >= 0.6 is 8.20 Å². The number of hydrogen-bond acceptors (Lipinski definition) is 6. The molecule has 0 saturated heterocycles. The lowest BCUT2D eigenvalue weighted by Crippen LogP contribution is -2.28. The van der Waals surface area contributed by atoms with Crippen LogP contribution in [0.25, 0.3) is 0 Å². The van der Waals surface area contributed by atoms with E-state index in [4.69, 9.17) is 4.74 Å². The highest BCUT2D eigenvalue weighted by molar-refractivity contribution is 7.41. The standard InChI is InChI=1S/C22H21O6P/c1-28-15-5-3-4-12-16(15)21(27)17-18(22(12)29-2)20(26)13-8-10(14(24)9-23)6-7-11(13)19(17)25/h3-5,10,23,25-26H,6-9H2,1-2H3. The number of carbonyl (C=O) groups excluding carboxylic acids is 2. The number of phenolic OH excluding ortho intramolecular Hbond substituents is 2. The summed E-state index contributed by atoms with van der Waals surface area (Å²) in [7, 11) is 2.30. The molecule has 2 aliphatic carbocycles. The number of carbonyl (C=O) groups is 2. The van der Waals surface area contributed by atoms with E-state index in [0.29, 0.717) is 46.4 Å². The van der Waals surface area contributed by atoms with Gasteiger partial charge in [0.2, 0.25) is 5.78 Å². The van der Waals surface area contributed by atoms with E-state index in [1.165, 1.54) is 7.11 Å². The van der Waals surface area contributed by atoms with Gasteiger partial charge >= 0.3 is 0 Å². The molecule has 7 heteroatoms. The van der Waals surface area contributed by atoms with Gasteiger partial charge in [-0.1, -0.05) is 20.3 Å². The van der Waals surface area contributed by atoms with Gasteiger partial charge < -0.3 is 20.1 Å². The minimum atomic E-state index is -0.547. The van der Waals surface area contributed by atoms with Crippen molar-refractivity contribution in [2.45, 2.75) is 19.3 Å². The van der Waals surface area contributed by atoms with Crippen LogP contribution in [0, 0.1) is 5.92 Å². The zero-order chi connectivity index (χ0) is 20.9. The molecule has 2 aromatic carbocycles. The summed E-state index contributed by atoms with van der Waals surface area (Å²) in [6.45, 7) is 1.35. The third-order valence-corrected chi connectivity index (χ3v) is 6.79. The SMILES string of the molecule is COc1cccc2c1C(=O)c1c(O)c3c(c(O)c1C2=PC)CC(C(=O)CO)CC3. The molecule has 0 radical (unpaired) electrons. The topological polar surface area (TPSA) is 104 Å². The van der Waals surface area contributed by atoms with Crippen LogP contribution in [0.5, 0.6) is 17.2 Å². The van der Waals surface area contributed by atoms with Crippen LogP contribution in [-0.4, -0.2) is 52.6 Å². The third kappa shape index (κ3) is 2.78. The van der Waals surface area contributed by atoms with Crippen LogP contribution in [0.4, 0.5) is 0 Å². The summed E-state index contributed by atoms with van der Waals surface area (Å²) in [6.07, 6.45) is 1.03. The van der Waals surface area contributed by atoms with Crippen LogP contribution in [0.15, 0.2) is 18.2 Å². The zero-order valence-corrected chi connectivity index (χ0v) is 17.0. The van der Waals surface area contributed by atoms with E-state index in [-0.39, 0.29) is 35.0 Å². The average Bonchev–Trinajstić information content (AvgIpc) is 2.75. The van der Waals surface area contributed by atoms with Gasteiger partial charge in [0, 0.05) is 33.5 Å². The van der Waals surface area contributed by atoms with Crippen LogP contribution in [0.3, 0.4) is 0 Å². The lowest BCUT2D eigenvalue weighted by Gasteiger charge is -2.30. The van der Waals surface area contributed by atoms with Crippen molar-refractivity contribution in [2.24, 2.45) is 5.92 Å². The first kappa shape index (κ1) is 19.6. The molecule has 3 N–H and O–H groups in total. The van der Waals surface area contributed by atoms with Crippen molar-refractivity contribution in [1.29, 1.82) is 0 Å². The molecule has 0 spiro atoms. The highest BCUT2D eigenvalue weighted by Crippen LogP contribution is 2.48. The molecule has 0 fully saturated rings. The number of rotatable bonds is 3. The van der Waals surface area contributed by atoms with E-state index in [1.54, 1.807) is 18.2 Å². The number of ketones is 2. The number of benzene rings is 2. The molecule has 2 aliphatic rings. The van der Waals surface area contributed by atoms with Crippen LogP contribution in [0.2, 0.25) is 0 Å². The van der Waals surface area contributed by atoms with Gasteiger partial charge in [0.15, 0.2) is 5.78 Å². The fourth-order valence-electron chi connectivity index (χ4n) is 4.46. The van der Waals surface area contributed by atoms with Gasteiger partial charge in [-0.2, -0.15) is 0 Å². The van der Waals surface area contributed by atoms with Gasteiger partial charge in [-0.25, -0.2) is 0 Å². The Kier molecular flexibility index (Phi) is 4.93. The van der Waals surface area contributed by atoms with Gasteiger partial charge in [-0.15, -0.1) is 0 Å². The summed E-state index contributed by atoms with van der Waals surface area (Å²) in [5.74, 6) is -0.852. The molecule has 0 amide bonds.